The number of amides is 1. The lowest BCUT2D eigenvalue weighted by atomic mass is 9.98. The van der Waals surface area contributed by atoms with Gasteiger partial charge in [-0.15, -0.1) is 0 Å². The third-order valence-electron chi connectivity index (χ3n) is 4.15. The first kappa shape index (κ1) is 18.5. The summed E-state index contributed by atoms with van der Waals surface area (Å²) in [5, 5.41) is 7.70. The van der Waals surface area contributed by atoms with E-state index in [4.69, 9.17) is 0 Å². The van der Waals surface area contributed by atoms with Crippen molar-refractivity contribution in [2.45, 2.75) is 26.7 Å². The van der Waals surface area contributed by atoms with Crippen LogP contribution in [0.5, 0.6) is 0 Å². The minimum atomic E-state index is -3.21. The Balaban J connectivity index is 1.89. The fourth-order valence-corrected chi connectivity index (χ4v) is 3.76. The molecule has 1 saturated heterocycles. The number of aromatic nitrogens is 2. The van der Waals surface area contributed by atoms with Gasteiger partial charge in [-0.3, -0.25) is 4.79 Å². The molecule has 8 nitrogen and oxygen atoms in total. The lowest BCUT2D eigenvalue weighted by Gasteiger charge is -2.29. The first-order chi connectivity index (χ1) is 11.3. The number of sulfonamides is 1. The highest BCUT2D eigenvalue weighted by molar-refractivity contribution is 7.89. The van der Waals surface area contributed by atoms with Gasteiger partial charge >= 0.3 is 0 Å². The van der Waals surface area contributed by atoms with E-state index in [2.05, 4.69) is 15.6 Å². The third kappa shape index (κ3) is 3.99. The molecule has 0 spiro atoms. The molecule has 0 atom stereocenters. The molecule has 1 N–H and O–H groups in total. The number of carbonyl (C=O) groups excluding carboxylic acids is 1. The van der Waals surface area contributed by atoms with Crippen LogP contribution in [-0.2, 0) is 21.9 Å². The van der Waals surface area contributed by atoms with Crippen molar-refractivity contribution < 1.29 is 17.6 Å². The zero-order chi connectivity index (χ0) is 17.9. The minimum Gasteiger partial charge on any atom is -0.273 e. The lowest BCUT2D eigenvalue weighted by Crippen LogP contribution is -2.42. The highest BCUT2D eigenvalue weighted by Gasteiger charge is 2.30. The molecule has 1 aliphatic heterocycles. The predicted molar refractivity (Wildman–Crippen MR) is 87.4 cm³/mol. The van der Waals surface area contributed by atoms with Gasteiger partial charge in [-0.25, -0.2) is 22.8 Å². The topological polar surface area (TPSA) is 96.7 Å². The number of carbonyl (C=O) groups is 1. The molecule has 1 aromatic heterocycles. The third-order valence-corrected chi connectivity index (χ3v) is 6.03. The summed E-state index contributed by atoms with van der Waals surface area (Å²) >= 11 is 0. The molecule has 24 heavy (non-hydrogen) atoms. The maximum Gasteiger partial charge on any atom is 0.243 e. The lowest BCUT2D eigenvalue weighted by molar-refractivity contribution is -0.126. The SMILES string of the molecule is CCS(=O)(=O)N1CCC(C(=O)N/N=C\c2c(C)nn(C)c2F)CC1. The summed E-state index contributed by atoms with van der Waals surface area (Å²) < 4.78 is 39.8. The standard InChI is InChI=1S/C14H22FN5O3S/c1-4-24(22,23)20-7-5-11(6-8-20)14(21)17-16-9-12-10(2)18-19(3)13(12)15/h9,11H,4-8H2,1-3H3,(H,17,21)/b16-9-. The van der Waals surface area contributed by atoms with Crippen molar-refractivity contribution in [1.82, 2.24) is 19.5 Å². The van der Waals surface area contributed by atoms with E-state index in [-0.39, 0.29) is 23.1 Å². The fourth-order valence-electron chi connectivity index (χ4n) is 2.62. The molecule has 1 aliphatic rings. The Morgan fingerprint density at radius 1 is 1.46 bits per heavy atom. The van der Waals surface area contributed by atoms with Crippen LogP contribution in [0.15, 0.2) is 5.10 Å². The normalized spacial score (nSPS) is 17.5. The second kappa shape index (κ2) is 7.39. The van der Waals surface area contributed by atoms with Crippen LogP contribution in [0.1, 0.15) is 31.0 Å². The van der Waals surface area contributed by atoms with Gasteiger partial charge < -0.3 is 0 Å². The number of hydrogen-bond donors (Lipinski definition) is 1. The molecule has 0 aliphatic carbocycles. The maximum atomic E-state index is 13.7. The van der Waals surface area contributed by atoms with Gasteiger partial charge in [0, 0.05) is 26.1 Å². The second-order valence-electron chi connectivity index (χ2n) is 5.72. The van der Waals surface area contributed by atoms with Crippen LogP contribution in [0.2, 0.25) is 0 Å². The van der Waals surface area contributed by atoms with Gasteiger partial charge in [0.15, 0.2) is 0 Å². The number of hydrogen-bond acceptors (Lipinski definition) is 5. The van der Waals surface area contributed by atoms with Gasteiger partial charge in [-0.1, -0.05) is 0 Å². The Bertz CT molecular complexity index is 736. The highest BCUT2D eigenvalue weighted by atomic mass is 32.2. The molecule has 2 rings (SSSR count). The molecule has 10 heteroatoms. The molecule has 0 radical (unpaired) electrons. The molecule has 0 bridgehead atoms. The summed E-state index contributed by atoms with van der Waals surface area (Å²) in [6.07, 6.45) is 2.12. The molecule has 1 fully saturated rings. The van der Waals surface area contributed by atoms with E-state index in [1.54, 1.807) is 13.8 Å². The van der Waals surface area contributed by atoms with Crippen LogP contribution < -0.4 is 5.43 Å². The first-order valence-electron chi connectivity index (χ1n) is 7.76. The molecular formula is C14H22FN5O3S. The quantitative estimate of drug-likeness (QED) is 0.607. The summed E-state index contributed by atoms with van der Waals surface area (Å²) in [5.41, 5.74) is 3.09. The van der Waals surface area contributed by atoms with Gasteiger partial charge in [0.2, 0.25) is 21.9 Å². The molecule has 0 saturated carbocycles. The Morgan fingerprint density at radius 2 is 2.08 bits per heavy atom. The van der Waals surface area contributed by atoms with Crippen molar-refractivity contribution >= 4 is 22.1 Å². The largest absolute Gasteiger partial charge is 0.273 e. The second-order valence-corrected chi connectivity index (χ2v) is 7.98. The van der Waals surface area contributed by atoms with E-state index in [9.17, 15) is 17.6 Å². The fraction of sp³-hybridized carbons (Fsp3) is 0.643. The van der Waals surface area contributed by atoms with Crippen LogP contribution in [0.3, 0.4) is 0 Å². The zero-order valence-electron chi connectivity index (χ0n) is 14.0. The number of hydrazone groups is 1. The Labute approximate surface area is 140 Å². The number of nitrogens with zero attached hydrogens (tertiary/aromatic N) is 4. The van der Waals surface area contributed by atoms with Crippen molar-refractivity contribution in [1.29, 1.82) is 0 Å². The van der Waals surface area contributed by atoms with E-state index in [0.29, 0.717) is 31.6 Å². The van der Waals surface area contributed by atoms with Crippen molar-refractivity contribution in [3.05, 3.63) is 17.2 Å². The van der Waals surface area contributed by atoms with Crippen molar-refractivity contribution in [3.63, 3.8) is 0 Å². The summed E-state index contributed by atoms with van der Waals surface area (Å²) in [6, 6.07) is 0. The van der Waals surface area contributed by atoms with E-state index in [1.807, 2.05) is 0 Å². The Morgan fingerprint density at radius 3 is 2.58 bits per heavy atom. The van der Waals surface area contributed by atoms with Gasteiger partial charge in [-0.05, 0) is 26.7 Å². The maximum absolute atomic E-state index is 13.7. The Hall–Kier alpha value is -1.81. The van der Waals surface area contributed by atoms with Crippen LogP contribution in [-0.4, -0.2) is 53.5 Å². The van der Waals surface area contributed by atoms with Crippen molar-refractivity contribution in [2.24, 2.45) is 18.1 Å². The average Bonchev–Trinajstić information content (AvgIpc) is 2.81. The smallest absolute Gasteiger partial charge is 0.243 e. The summed E-state index contributed by atoms with van der Waals surface area (Å²) in [5.74, 6) is -1.06. The van der Waals surface area contributed by atoms with Crippen LogP contribution >= 0.6 is 0 Å². The van der Waals surface area contributed by atoms with E-state index >= 15 is 0 Å². The number of piperidine rings is 1. The molecule has 1 aromatic rings. The monoisotopic (exact) mass is 359 g/mol. The van der Waals surface area contributed by atoms with Gasteiger partial charge in [0.25, 0.3) is 0 Å². The number of nitrogens with one attached hydrogen (secondary N) is 1. The molecule has 1 amide bonds. The molecule has 0 unspecified atom stereocenters. The van der Waals surface area contributed by atoms with Gasteiger partial charge in [0.1, 0.15) is 0 Å². The van der Waals surface area contributed by atoms with Crippen molar-refractivity contribution in [2.75, 3.05) is 18.8 Å². The van der Waals surface area contributed by atoms with Crippen LogP contribution in [0.25, 0.3) is 0 Å². The number of rotatable bonds is 5. The molecule has 0 aromatic carbocycles. The Kier molecular flexibility index (Phi) is 5.70. The summed E-state index contributed by atoms with van der Waals surface area (Å²) in [7, 11) is -1.73. The van der Waals surface area contributed by atoms with Gasteiger partial charge in [-0.2, -0.15) is 14.6 Å². The molecular weight excluding hydrogens is 337 g/mol. The first-order valence-corrected chi connectivity index (χ1v) is 9.37. The average molecular weight is 359 g/mol. The summed E-state index contributed by atoms with van der Waals surface area (Å²) in [4.78, 5) is 12.1. The predicted octanol–water partition coefficient (Wildman–Crippen LogP) is 0.379. The van der Waals surface area contributed by atoms with E-state index in [1.165, 1.54) is 17.6 Å². The molecule has 2 heterocycles. The molecule has 134 valence electrons. The number of aryl methyl sites for hydroxylation is 2. The van der Waals surface area contributed by atoms with E-state index in [0.717, 1.165) is 4.68 Å². The van der Waals surface area contributed by atoms with Crippen LogP contribution in [0, 0.1) is 18.8 Å². The number of halogens is 1. The van der Waals surface area contributed by atoms with Crippen LogP contribution in [0.4, 0.5) is 4.39 Å². The summed E-state index contributed by atoms with van der Waals surface area (Å²) in [6.45, 7) is 3.90. The zero-order valence-corrected chi connectivity index (χ0v) is 14.8. The highest BCUT2D eigenvalue weighted by Crippen LogP contribution is 2.20. The van der Waals surface area contributed by atoms with Crippen molar-refractivity contribution in [3.8, 4) is 0 Å². The van der Waals surface area contributed by atoms with Gasteiger partial charge in [0.05, 0.1) is 23.2 Å². The minimum absolute atomic E-state index is 0.0597. The van der Waals surface area contributed by atoms with E-state index < -0.39 is 16.0 Å².